The van der Waals surface area contributed by atoms with Crippen molar-refractivity contribution in [3.8, 4) is 0 Å². The molecule has 3 aromatic rings. The van der Waals surface area contributed by atoms with Gasteiger partial charge < -0.3 is 4.57 Å². The highest BCUT2D eigenvalue weighted by molar-refractivity contribution is 5.91. The number of fused-ring (bicyclic) bond motifs is 1. The Bertz CT molecular complexity index is 839. The summed E-state index contributed by atoms with van der Waals surface area (Å²) in [4.78, 5) is 24.7. The Balaban J connectivity index is 1.79. The van der Waals surface area contributed by atoms with E-state index in [2.05, 4.69) is 38.7 Å². The van der Waals surface area contributed by atoms with Crippen LogP contribution in [-0.4, -0.2) is 25.4 Å². The third kappa shape index (κ3) is 3.21. The summed E-state index contributed by atoms with van der Waals surface area (Å²) in [6.45, 7) is 4.24. The van der Waals surface area contributed by atoms with Gasteiger partial charge in [0.05, 0.1) is 17.5 Å². The van der Waals surface area contributed by atoms with Crippen LogP contribution in [0.25, 0.3) is 11.0 Å². The van der Waals surface area contributed by atoms with E-state index in [1.807, 2.05) is 25.2 Å². The van der Waals surface area contributed by atoms with Gasteiger partial charge in [-0.2, -0.15) is 0 Å². The lowest BCUT2D eigenvalue weighted by Gasteiger charge is -2.05. The molecule has 0 saturated carbocycles. The number of nitrogens with zero attached hydrogens (tertiary/aromatic N) is 4. The number of aromatic nitrogens is 4. The van der Waals surface area contributed by atoms with Crippen LogP contribution in [0.2, 0.25) is 0 Å². The van der Waals surface area contributed by atoms with Gasteiger partial charge in [-0.15, -0.1) is 0 Å². The van der Waals surface area contributed by atoms with Crippen LogP contribution in [0.15, 0.2) is 36.7 Å². The number of amides is 1. The zero-order chi connectivity index (χ0) is 16.4. The van der Waals surface area contributed by atoms with Crippen molar-refractivity contribution in [2.75, 3.05) is 5.32 Å². The first kappa shape index (κ1) is 15.1. The summed E-state index contributed by atoms with van der Waals surface area (Å²) >= 11 is 0. The number of aryl methyl sites for hydroxylation is 1. The monoisotopic (exact) mass is 309 g/mol. The molecule has 23 heavy (non-hydrogen) atoms. The Kier molecular flexibility index (Phi) is 4.06. The Morgan fingerprint density at radius 3 is 2.70 bits per heavy atom. The molecule has 0 aliphatic carbocycles. The van der Waals surface area contributed by atoms with Gasteiger partial charge in [-0.1, -0.05) is 19.9 Å². The fraction of sp³-hybridized carbons (Fsp3) is 0.294. The number of anilines is 1. The van der Waals surface area contributed by atoms with Crippen molar-refractivity contribution in [3.05, 3.63) is 48.0 Å². The number of nitrogens with one attached hydrogen (secondary N) is 1. The SMILES string of the molecule is CC(C)c1nc2cc(CC(=O)Nc3ncccn3)ccc2n1C. The minimum Gasteiger partial charge on any atom is -0.331 e. The molecule has 0 atom stereocenters. The van der Waals surface area contributed by atoms with Gasteiger partial charge in [0.15, 0.2) is 0 Å². The molecule has 6 heteroatoms. The summed E-state index contributed by atoms with van der Waals surface area (Å²) in [5, 5.41) is 2.69. The highest BCUT2D eigenvalue weighted by Gasteiger charge is 2.12. The second kappa shape index (κ2) is 6.16. The molecule has 0 fully saturated rings. The maximum absolute atomic E-state index is 12.1. The van der Waals surface area contributed by atoms with E-state index in [0.29, 0.717) is 11.9 Å². The molecule has 0 unspecified atom stereocenters. The maximum atomic E-state index is 12.1. The van der Waals surface area contributed by atoms with E-state index < -0.39 is 0 Å². The standard InChI is InChI=1S/C17H19N5O/c1-11(2)16-20-13-9-12(5-6-14(13)22(16)3)10-15(23)21-17-18-7-4-8-19-17/h4-9,11H,10H2,1-3H3,(H,18,19,21,23). The first-order chi connectivity index (χ1) is 11.0. The lowest BCUT2D eigenvalue weighted by Crippen LogP contribution is -2.16. The van der Waals surface area contributed by atoms with Crippen LogP contribution in [0.3, 0.4) is 0 Å². The van der Waals surface area contributed by atoms with Crippen molar-refractivity contribution >= 4 is 22.9 Å². The second-order valence-corrected chi connectivity index (χ2v) is 5.80. The van der Waals surface area contributed by atoms with Gasteiger partial charge in [0.25, 0.3) is 0 Å². The number of imidazole rings is 1. The van der Waals surface area contributed by atoms with Gasteiger partial charge in [-0.3, -0.25) is 10.1 Å². The Hall–Kier alpha value is -2.76. The van der Waals surface area contributed by atoms with Gasteiger partial charge >= 0.3 is 0 Å². The molecule has 1 N–H and O–H groups in total. The van der Waals surface area contributed by atoms with Crippen molar-refractivity contribution in [2.24, 2.45) is 7.05 Å². The average Bonchev–Trinajstić information content (AvgIpc) is 2.85. The van der Waals surface area contributed by atoms with Crippen LogP contribution in [0.5, 0.6) is 0 Å². The van der Waals surface area contributed by atoms with Gasteiger partial charge in [-0.25, -0.2) is 15.0 Å². The highest BCUT2D eigenvalue weighted by atomic mass is 16.1. The van der Waals surface area contributed by atoms with E-state index >= 15 is 0 Å². The summed E-state index contributed by atoms with van der Waals surface area (Å²) in [5.74, 6) is 1.57. The average molecular weight is 309 g/mol. The van der Waals surface area contributed by atoms with Crippen LogP contribution < -0.4 is 5.32 Å². The molecule has 2 aromatic heterocycles. The van der Waals surface area contributed by atoms with Crippen LogP contribution in [0.4, 0.5) is 5.95 Å². The van der Waals surface area contributed by atoms with Crippen LogP contribution >= 0.6 is 0 Å². The maximum Gasteiger partial charge on any atom is 0.231 e. The summed E-state index contributed by atoms with van der Waals surface area (Å²) < 4.78 is 2.10. The zero-order valence-electron chi connectivity index (χ0n) is 13.4. The fourth-order valence-corrected chi connectivity index (χ4v) is 2.61. The Morgan fingerprint density at radius 1 is 1.26 bits per heavy atom. The molecule has 0 spiro atoms. The number of carbonyl (C=O) groups excluding carboxylic acids is 1. The molecule has 0 aliphatic heterocycles. The van der Waals surface area contributed by atoms with E-state index in [1.54, 1.807) is 18.5 Å². The summed E-state index contributed by atoms with van der Waals surface area (Å²) in [5.41, 5.74) is 2.90. The smallest absolute Gasteiger partial charge is 0.231 e. The third-order valence-electron chi connectivity index (χ3n) is 3.68. The molecule has 6 nitrogen and oxygen atoms in total. The van der Waals surface area contributed by atoms with Crippen molar-refractivity contribution in [2.45, 2.75) is 26.2 Å². The van der Waals surface area contributed by atoms with Gasteiger partial charge in [0.2, 0.25) is 11.9 Å². The first-order valence-corrected chi connectivity index (χ1v) is 7.56. The topological polar surface area (TPSA) is 72.7 Å². The quantitative estimate of drug-likeness (QED) is 0.804. The number of carbonyl (C=O) groups is 1. The van der Waals surface area contributed by atoms with Crippen molar-refractivity contribution in [1.82, 2.24) is 19.5 Å². The number of hydrogen-bond acceptors (Lipinski definition) is 4. The highest BCUT2D eigenvalue weighted by Crippen LogP contribution is 2.21. The third-order valence-corrected chi connectivity index (χ3v) is 3.68. The zero-order valence-corrected chi connectivity index (χ0v) is 13.4. The van der Waals surface area contributed by atoms with Gasteiger partial charge in [0, 0.05) is 25.4 Å². The normalized spacial score (nSPS) is 11.1. The van der Waals surface area contributed by atoms with E-state index in [1.165, 1.54) is 0 Å². The van der Waals surface area contributed by atoms with Crippen molar-refractivity contribution < 1.29 is 4.79 Å². The minimum atomic E-state index is -0.143. The molecular formula is C17H19N5O. The minimum absolute atomic E-state index is 0.143. The van der Waals surface area contributed by atoms with E-state index in [-0.39, 0.29) is 12.3 Å². The lowest BCUT2D eigenvalue weighted by atomic mass is 10.1. The Labute approximate surface area is 134 Å². The second-order valence-electron chi connectivity index (χ2n) is 5.80. The number of rotatable bonds is 4. The first-order valence-electron chi connectivity index (χ1n) is 7.56. The van der Waals surface area contributed by atoms with E-state index in [0.717, 1.165) is 22.4 Å². The van der Waals surface area contributed by atoms with Crippen LogP contribution in [-0.2, 0) is 18.3 Å². The summed E-state index contributed by atoms with van der Waals surface area (Å²) in [6.07, 6.45) is 3.45. The molecule has 0 bridgehead atoms. The van der Waals surface area contributed by atoms with Crippen molar-refractivity contribution in [3.63, 3.8) is 0 Å². The molecule has 3 rings (SSSR count). The lowest BCUT2D eigenvalue weighted by molar-refractivity contribution is -0.115. The molecule has 1 aromatic carbocycles. The molecule has 0 aliphatic rings. The van der Waals surface area contributed by atoms with E-state index in [4.69, 9.17) is 0 Å². The fourth-order valence-electron chi connectivity index (χ4n) is 2.61. The van der Waals surface area contributed by atoms with Gasteiger partial charge in [-0.05, 0) is 23.8 Å². The molecular weight excluding hydrogens is 290 g/mol. The largest absolute Gasteiger partial charge is 0.331 e. The van der Waals surface area contributed by atoms with Crippen LogP contribution in [0.1, 0.15) is 31.2 Å². The Morgan fingerprint density at radius 2 is 2.00 bits per heavy atom. The molecule has 0 radical (unpaired) electrons. The van der Waals surface area contributed by atoms with Crippen LogP contribution in [0, 0.1) is 0 Å². The molecule has 1 amide bonds. The summed E-state index contributed by atoms with van der Waals surface area (Å²) in [7, 11) is 2.02. The predicted molar refractivity (Wildman–Crippen MR) is 89.2 cm³/mol. The summed E-state index contributed by atoms with van der Waals surface area (Å²) in [6, 6.07) is 7.64. The predicted octanol–water partition coefficient (Wildman–Crippen LogP) is 2.67. The molecule has 2 heterocycles. The number of benzene rings is 1. The van der Waals surface area contributed by atoms with Gasteiger partial charge in [0.1, 0.15) is 5.82 Å². The molecule has 0 saturated heterocycles. The van der Waals surface area contributed by atoms with Crippen molar-refractivity contribution in [1.29, 1.82) is 0 Å². The number of hydrogen-bond donors (Lipinski definition) is 1. The molecule has 118 valence electrons. The van der Waals surface area contributed by atoms with E-state index in [9.17, 15) is 4.79 Å².